The molecule has 1 aliphatic carbocycles. The monoisotopic (exact) mass is 199 g/mol. The molecular weight excluding hydrogens is 178 g/mol. The van der Waals surface area contributed by atoms with Gasteiger partial charge in [-0.05, 0) is 31.6 Å². The number of carbonyl (C=O) groups excluding carboxylic acids is 1. The summed E-state index contributed by atoms with van der Waals surface area (Å²) in [6.07, 6.45) is 7.30. The molecule has 3 heteroatoms. The lowest BCUT2D eigenvalue weighted by Crippen LogP contribution is -2.24. The number of rotatable bonds is 8. The highest BCUT2D eigenvalue weighted by atomic mass is 16.2. The van der Waals surface area contributed by atoms with Crippen molar-refractivity contribution in [3.05, 3.63) is 0 Å². The molecule has 1 saturated carbocycles. The first-order valence-corrected chi connectivity index (χ1v) is 5.70. The van der Waals surface area contributed by atoms with E-state index in [4.69, 9.17) is 5.11 Å². The van der Waals surface area contributed by atoms with Crippen LogP contribution in [0.25, 0.3) is 0 Å². The van der Waals surface area contributed by atoms with Crippen molar-refractivity contribution in [2.24, 2.45) is 5.92 Å². The first kappa shape index (κ1) is 11.5. The smallest absolute Gasteiger partial charge is 0.220 e. The minimum Gasteiger partial charge on any atom is -0.396 e. The van der Waals surface area contributed by atoms with Crippen LogP contribution in [0.15, 0.2) is 0 Å². The lowest BCUT2D eigenvalue weighted by Gasteiger charge is -2.03. The van der Waals surface area contributed by atoms with Crippen LogP contribution in [0.2, 0.25) is 0 Å². The number of unbranched alkanes of at least 4 members (excludes halogenated alkanes) is 3. The van der Waals surface area contributed by atoms with Gasteiger partial charge >= 0.3 is 0 Å². The average molecular weight is 199 g/mol. The Morgan fingerprint density at radius 1 is 1.21 bits per heavy atom. The predicted octanol–water partition coefficient (Wildman–Crippen LogP) is 1.46. The van der Waals surface area contributed by atoms with Crippen LogP contribution in [0, 0.1) is 5.92 Å². The van der Waals surface area contributed by atoms with Gasteiger partial charge < -0.3 is 10.4 Å². The molecular formula is C11H21NO2. The summed E-state index contributed by atoms with van der Waals surface area (Å²) in [5, 5.41) is 11.5. The van der Waals surface area contributed by atoms with Crippen molar-refractivity contribution in [3.63, 3.8) is 0 Å². The first-order valence-electron chi connectivity index (χ1n) is 5.70. The van der Waals surface area contributed by atoms with Gasteiger partial charge in [-0.2, -0.15) is 0 Å². The van der Waals surface area contributed by atoms with Gasteiger partial charge in [0.25, 0.3) is 0 Å². The SMILES string of the molecule is O=C(CC1CC1)NCCCCCCO. The van der Waals surface area contributed by atoms with E-state index >= 15 is 0 Å². The van der Waals surface area contributed by atoms with Crippen LogP contribution in [-0.4, -0.2) is 24.2 Å². The Morgan fingerprint density at radius 3 is 2.57 bits per heavy atom. The van der Waals surface area contributed by atoms with Crippen molar-refractivity contribution in [1.82, 2.24) is 5.32 Å². The Labute approximate surface area is 85.9 Å². The molecule has 82 valence electrons. The number of nitrogens with one attached hydrogen (secondary N) is 1. The number of carbonyl (C=O) groups is 1. The Kier molecular flexibility index (Phi) is 5.60. The largest absolute Gasteiger partial charge is 0.396 e. The molecule has 0 aromatic heterocycles. The lowest BCUT2D eigenvalue weighted by molar-refractivity contribution is -0.121. The van der Waals surface area contributed by atoms with Gasteiger partial charge in [0.05, 0.1) is 0 Å². The zero-order chi connectivity index (χ0) is 10.2. The Hall–Kier alpha value is -0.570. The van der Waals surface area contributed by atoms with Crippen molar-refractivity contribution in [1.29, 1.82) is 0 Å². The minimum atomic E-state index is 0.217. The molecule has 0 unspecified atom stereocenters. The molecule has 14 heavy (non-hydrogen) atoms. The highest BCUT2D eigenvalue weighted by molar-refractivity contribution is 5.76. The molecule has 0 aromatic carbocycles. The summed E-state index contributed by atoms with van der Waals surface area (Å²) >= 11 is 0. The van der Waals surface area contributed by atoms with Gasteiger partial charge in [-0.15, -0.1) is 0 Å². The summed E-state index contributed by atoms with van der Waals surface area (Å²) in [6.45, 7) is 1.09. The Bertz CT molecular complexity index is 167. The molecule has 0 bridgehead atoms. The van der Waals surface area contributed by atoms with Crippen LogP contribution in [0.5, 0.6) is 0 Å². The van der Waals surface area contributed by atoms with E-state index in [-0.39, 0.29) is 12.5 Å². The molecule has 1 fully saturated rings. The topological polar surface area (TPSA) is 49.3 Å². The molecule has 0 aromatic rings. The summed E-state index contributed by atoms with van der Waals surface area (Å²) in [5.74, 6) is 0.902. The van der Waals surface area contributed by atoms with Gasteiger partial charge in [0.15, 0.2) is 0 Å². The molecule has 0 heterocycles. The van der Waals surface area contributed by atoms with E-state index in [9.17, 15) is 4.79 Å². The Morgan fingerprint density at radius 2 is 1.93 bits per heavy atom. The van der Waals surface area contributed by atoms with Crippen molar-refractivity contribution in [2.45, 2.75) is 44.9 Å². The van der Waals surface area contributed by atoms with Crippen molar-refractivity contribution in [2.75, 3.05) is 13.2 Å². The number of hydrogen-bond donors (Lipinski definition) is 2. The normalized spacial score (nSPS) is 15.5. The van der Waals surface area contributed by atoms with Gasteiger partial charge in [-0.1, -0.05) is 12.8 Å². The van der Waals surface area contributed by atoms with Crippen molar-refractivity contribution >= 4 is 5.91 Å². The fraction of sp³-hybridized carbons (Fsp3) is 0.909. The van der Waals surface area contributed by atoms with Crippen molar-refractivity contribution in [3.8, 4) is 0 Å². The van der Waals surface area contributed by atoms with Crippen LogP contribution >= 0.6 is 0 Å². The molecule has 1 amide bonds. The molecule has 0 spiro atoms. The lowest BCUT2D eigenvalue weighted by atomic mass is 10.2. The van der Waals surface area contributed by atoms with Gasteiger partial charge in [0.1, 0.15) is 0 Å². The maximum absolute atomic E-state index is 11.2. The maximum atomic E-state index is 11.2. The molecule has 3 nitrogen and oxygen atoms in total. The second-order valence-corrected chi connectivity index (χ2v) is 4.14. The zero-order valence-electron chi connectivity index (χ0n) is 8.80. The number of aliphatic hydroxyl groups excluding tert-OH is 1. The van der Waals surface area contributed by atoms with E-state index in [2.05, 4.69) is 5.32 Å². The van der Waals surface area contributed by atoms with E-state index in [1.165, 1.54) is 12.8 Å². The molecule has 1 rings (SSSR count). The zero-order valence-corrected chi connectivity index (χ0v) is 8.80. The van der Waals surface area contributed by atoms with Crippen LogP contribution in [0.4, 0.5) is 0 Å². The van der Waals surface area contributed by atoms with Crippen LogP contribution in [0.1, 0.15) is 44.9 Å². The van der Waals surface area contributed by atoms with Crippen molar-refractivity contribution < 1.29 is 9.90 Å². The van der Waals surface area contributed by atoms with E-state index < -0.39 is 0 Å². The van der Waals surface area contributed by atoms with Crippen LogP contribution in [0.3, 0.4) is 0 Å². The molecule has 0 atom stereocenters. The third-order valence-electron chi connectivity index (χ3n) is 2.58. The average Bonchev–Trinajstić information content (AvgIpc) is 2.95. The number of aliphatic hydroxyl groups is 1. The minimum absolute atomic E-state index is 0.217. The second-order valence-electron chi connectivity index (χ2n) is 4.14. The first-order chi connectivity index (χ1) is 6.83. The van der Waals surface area contributed by atoms with E-state index in [0.29, 0.717) is 5.92 Å². The molecule has 0 saturated heterocycles. The van der Waals surface area contributed by atoms with E-state index in [1.54, 1.807) is 0 Å². The highest BCUT2D eigenvalue weighted by Crippen LogP contribution is 2.31. The summed E-state index contributed by atoms with van der Waals surface area (Å²) in [4.78, 5) is 11.2. The van der Waals surface area contributed by atoms with E-state index in [1.807, 2.05) is 0 Å². The van der Waals surface area contributed by atoms with Gasteiger partial charge in [-0.25, -0.2) is 0 Å². The second kappa shape index (κ2) is 6.82. The predicted molar refractivity (Wildman–Crippen MR) is 55.9 cm³/mol. The van der Waals surface area contributed by atoms with Gasteiger partial charge in [0, 0.05) is 19.6 Å². The molecule has 1 aliphatic rings. The molecule has 2 N–H and O–H groups in total. The maximum Gasteiger partial charge on any atom is 0.220 e. The van der Waals surface area contributed by atoms with Crippen LogP contribution in [-0.2, 0) is 4.79 Å². The summed E-state index contributed by atoms with van der Waals surface area (Å²) in [6, 6.07) is 0. The summed E-state index contributed by atoms with van der Waals surface area (Å²) in [5.41, 5.74) is 0. The summed E-state index contributed by atoms with van der Waals surface area (Å²) < 4.78 is 0. The third kappa shape index (κ3) is 5.97. The summed E-state index contributed by atoms with van der Waals surface area (Å²) in [7, 11) is 0. The highest BCUT2D eigenvalue weighted by Gasteiger charge is 2.23. The van der Waals surface area contributed by atoms with Crippen LogP contribution < -0.4 is 5.32 Å². The van der Waals surface area contributed by atoms with Gasteiger partial charge in [0.2, 0.25) is 5.91 Å². The quantitative estimate of drug-likeness (QED) is 0.581. The standard InChI is InChI=1S/C11H21NO2/c13-8-4-2-1-3-7-12-11(14)9-10-5-6-10/h10,13H,1-9H2,(H,12,14). The number of hydrogen-bond acceptors (Lipinski definition) is 2. The number of amides is 1. The fourth-order valence-corrected chi connectivity index (χ4v) is 1.47. The molecule has 0 radical (unpaired) electrons. The van der Waals surface area contributed by atoms with Gasteiger partial charge in [-0.3, -0.25) is 4.79 Å². The third-order valence-corrected chi connectivity index (χ3v) is 2.58. The fourth-order valence-electron chi connectivity index (χ4n) is 1.47. The Balaban J connectivity index is 1.80. The molecule has 0 aliphatic heterocycles. The van der Waals surface area contributed by atoms with E-state index in [0.717, 1.165) is 38.6 Å².